The lowest BCUT2D eigenvalue weighted by atomic mass is 10.0. The van der Waals surface area contributed by atoms with Crippen LogP contribution in [0.15, 0.2) is 44.3 Å². The van der Waals surface area contributed by atoms with Crippen molar-refractivity contribution in [2.75, 3.05) is 13.2 Å². The van der Waals surface area contributed by atoms with Crippen LogP contribution in [-0.4, -0.2) is 37.6 Å². The minimum Gasteiger partial charge on any atom is -0.372 e. The van der Waals surface area contributed by atoms with Crippen LogP contribution >= 0.6 is 0 Å². The van der Waals surface area contributed by atoms with E-state index >= 15 is 0 Å². The van der Waals surface area contributed by atoms with Gasteiger partial charge in [0.05, 0.1) is 0 Å². The van der Waals surface area contributed by atoms with E-state index in [2.05, 4.69) is 39.6 Å². The van der Waals surface area contributed by atoms with E-state index in [1.54, 1.807) is 6.21 Å². The first kappa shape index (κ1) is 18.0. The molecule has 0 spiro atoms. The summed E-state index contributed by atoms with van der Waals surface area (Å²) in [5, 5.41) is 9.39. The molecular weight excluding hydrogens is 302 g/mol. The lowest BCUT2D eigenvalue weighted by Crippen LogP contribution is -2.32. The summed E-state index contributed by atoms with van der Waals surface area (Å²) in [6.07, 6.45) is 5.85. The molecule has 0 saturated heterocycles. The van der Waals surface area contributed by atoms with E-state index in [-0.39, 0.29) is 11.4 Å². The van der Waals surface area contributed by atoms with Crippen LogP contribution < -0.4 is 16.0 Å². The van der Waals surface area contributed by atoms with Gasteiger partial charge in [-0.25, -0.2) is 4.99 Å². The number of carbonyl (C=O) groups excluding carboxylic acids is 1. The molecule has 1 amide bonds. The van der Waals surface area contributed by atoms with Crippen molar-refractivity contribution in [3.8, 4) is 0 Å². The Labute approximate surface area is 143 Å². The Morgan fingerprint density at radius 3 is 2.62 bits per heavy atom. The molecule has 0 bridgehead atoms. The maximum atomic E-state index is 12.7. The van der Waals surface area contributed by atoms with Crippen molar-refractivity contribution in [3.05, 3.63) is 34.3 Å². The zero-order chi connectivity index (χ0) is 17.7. The third-order valence-corrected chi connectivity index (χ3v) is 4.22. The molecule has 1 fully saturated rings. The number of rotatable bonds is 7. The number of aliphatic imine (C=N–C) groups is 2. The Bertz CT molecular complexity index is 646. The minimum atomic E-state index is -0.115. The Kier molecular flexibility index (Phi) is 5.59. The Morgan fingerprint density at radius 1 is 1.42 bits per heavy atom. The molecule has 6 heteroatoms. The van der Waals surface area contributed by atoms with Crippen LogP contribution in [0.3, 0.4) is 0 Å². The number of hydrogen-bond acceptors (Lipinski definition) is 5. The Hall–Kier alpha value is -2.37. The molecule has 2 rings (SSSR count). The normalized spacial score (nSPS) is 18.6. The third-order valence-electron chi connectivity index (χ3n) is 4.22. The van der Waals surface area contributed by atoms with Gasteiger partial charge in [-0.3, -0.25) is 9.79 Å². The third kappa shape index (κ3) is 4.57. The lowest BCUT2D eigenvalue weighted by Gasteiger charge is -2.19. The summed E-state index contributed by atoms with van der Waals surface area (Å²) in [6.45, 7) is 12.6. The molecule has 0 aromatic heterocycles. The van der Waals surface area contributed by atoms with Crippen molar-refractivity contribution in [1.29, 1.82) is 0 Å². The lowest BCUT2D eigenvalue weighted by molar-refractivity contribution is -0.117. The first-order chi connectivity index (χ1) is 11.4. The van der Waals surface area contributed by atoms with Crippen LogP contribution in [0.4, 0.5) is 0 Å². The fourth-order valence-electron chi connectivity index (χ4n) is 2.54. The first-order valence-electron chi connectivity index (χ1n) is 8.20. The van der Waals surface area contributed by atoms with Gasteiger partial charge in [-0.2, -0.15) is 0 Å². The van der Waals surface area contributed by atoms with E-state index in [9.17, 15) is 4.79 Å². The molecule has 24 heavy (non-hydrogen) atoms. The molecular formula is C18H27N5O. The van der Waals surface area contributed by atoms with E-state index in [0.29, 0.717) is 24.6 Å². The smallest absolute Gasteiger partial charge is 0.251 e. The van der Waals surface area contributed by atoms with Crippen molar-refractivity contribution in [2.45, 2.75) is 46.1 Å². The van der Waals surface area contributed by atoms with Gasteiger partial charge in [-0.1, -0.05) is 5.57 Å². The summed E-state index contributed by atoms with van der Waals surface area (Å²) >= 11 is 0. The van der Waals surface area contributed by atoms with Crippen molar-refractivity contribution >= 4 is 18.8 Å². The van der Waals surface area contributed by atoms with E-state index in [1.165, 1.54) is 0 Å². The van der Waals surface area contributed by atoms with Crippen LogP contribution in [0, 0.1) is 0 Å². The van der Waals surface area contributed by atoms with E-state index < -0.39 is 0 Å². The average Bonchev–Trinajstić information content (AvgIpc) is 3.29. The zero-order valence-corrected chi connectivity index (χ0v) is 15.0. The molecule has 1 heterocycles. The van der Waals surface area contributed by atoms with Crippen molar-refractivity contribution in [2.24, 2.45) is 9.98 Å². The molecule has 1 aliphatic carbocycles. The van der Waals surface area contributed by atoms with Gasteiger partial charge in [-0.15, -0.1) is 0 Å². The topological polar surface area (TPSA) is 77.9 Å². The van der Waals surface area contributed by atoms with Gasteiger partial charge in [0.15, 0.2) is 0 Å². The molecule has 3 N–H and O–H groups in total. The van der Waals surface area contributed by atoms with Gasteiger partial charge < -0.3 is 16.0 Å². The minimum absolute atomic E-state index is 0.0794. The van der Waals surface area contributed by atoms with E-state index in [4.69, 9.17) is 0 Å². The van der Waals surface area contributed by atoms with Gasteiger partial charge in [-0.05, 0) is 47.3 Å². The maximum Gasteiger partial charge on any atom is 0.251 e. The molecule has 0 aromatic rings. The first-order valence-corrected chi connectivity index (χ1v) is 8.20. The second kappa shape index (κ2) is 7.47. The summed E-state index contributed by atoms with van der Waals surface area (Å²) in [6, 6.07) is 0. The predicted octanol–water partition coefficient (Wildman–Crippen LogP) is 2.03. The van der Waals surface area contributed by atoms with Gasteiger partial charge in [0.1, 0.15) is 12.5 Å². The Balaban J connectivity index is 2.13. The standard InChI is InChI=1S/C18H27N5O/c1-12(2)15(13(3)16(19-5)23-18(4)6-7-18)17(24)22-10-14-8-20-11-21-9-14/h8-9,20,23H,5-7,10-11H2,1-4H3,(H,22,24)/b16-13-. The largest absolute Gasteiger partial charge is 0.372 e. The van der Waals surface area contributed by atoms with E-state index in [1.807, 2.05) is 27.0 Å². The van der Waals surface area contributed by atoms with Gasteiger partial charge in [0, 0.05) is 41.2 Å². The summed E-state index contributed by atoms with van der Waals surface area (Å²) in [4.78, 5) is 20.9. The van der Waals surface area contributed by atoms with Crippen LogP contribution in [0.5, 0.6) is 0 Å². The molecule has 0 unspecified atom stereocenters. The number of allylic oxidation sites excluding steroid dienone is 1. The van der Waals surface area contributed by atoms with E-state index in [0.717, 1.165) is 29.6 Å². The van der Waals surface area contributed by atoms with Gasteiger partial charge >= 0.3 is 0 Å². The molecule has 2 aliphatic rings. The fourth-order valence-corrected chi connectivity index (χ4v) is 2.54. The molecule has 1 aliphatic heterocycles. The average molecular weight is 329 g/mol. The SMILES string of the molecule is C=N/C(NC1(C)CC1)=C(\C)C(C(=O)NCC1=CNCN=C1)=C(C)C. The highest BCUT2D eigenvalue weighted by atomic mass is 16.1. The molecule has 1 saturated carbocycles. The molecule has 0 aromatic carbocycles. The predicted molar refractivity (Wildman–Crippen MR) is 99.0 cm³/mol. The van der Waals surface area contributed by atoms with Crippen LogP contribution in [0.25, 0.3) is 0 Å². The van der Waals surface area contributed by atoms with Crippen molar-refractivity contribution in [1.82, 2.24) is 16.0 Å². The Morgan fingerprint density at radius 2 is 2.12 bits per heavy atom. The van der Waals surface area contributed by atoms with Gasteiger partial charge in [0.25, 0.3) is 5.91 Å². The second-order valence-corrected chi connectivity index (χ2v) is 6.77. The molecule has 0 atom stereocenters. The number of carbonyl (C=O) groups is 1. The highest BCUT2D eigenvalue weighted by molar-refractivity contribution is 5.99. The summed E-state index contributed by atoms with van der Waals surface area (Å²) in [5.41, 5.74) is 3.43. The summed E-state index contributed by atoms with van der Waals surface area (Å²) < 4.78 is 0. The molecule has 6 nitrogen and oxygen atoms in total. The molecule has 130 valence electrons. The monoisotopic (exact) mass is 329 g/mol. The van der Waals surface area contributed by atoms with Crippen molar-refractivity contribution in [3.63, 3.8) is 0 Å². The zero-order valence-electron chi connectivity index (χ0n) is 15.0. The van der Waals surface area contributed by atoms with Crippen LogP contribution in [0.2, 0.25) is 0 Å². The highest BCUT2D eigenvalue weighted by Gasteiger charge is 2.38. The number of nitrogens with zero attached hydrogens (tertiary/aromatic N) is 2. The molecule has 0 radical (unpaired) electrons. The van der Waals surface area contributed by atoms with Crippen LogP contribution in [0.1, 0.15) is 40.5 Å². The summed E-state index contributed by atoms with van der Waals surface area (Å²) in [5.74, 6) is 0.567. The van der Waals surface area contributed by atoms with Crippen LogP contribution in [-0.2, 0) is 4.79 Å². The van der Waals surface area contributed by atoms with Gasteiger partial charge in [0.2, 0.25) is 0 Å². The number of nitrogens with one attached hydrogen (secondary N) is 3. The maximum absolute atomic E-state index is 12.7. The number of amides is 1. The highest BCUT2D eigenvalue weighted by Crippen LogP contribution is 2.36. The van der Waals surface area contributed by atoms with Crippen molar-refractivity contribution < 1.29 is 4.79 Å². The quantitative estimate of drug-likeness (QED) is 0.380. The summed E-state index contributed by atoms with van der Waals surface area (Å²) in [7, 11) is 0. The second-order valence-electron chi connectivity index (χ2n) is 6.77. The fraction of sp³-hybridized carbons (Fsp3) is 0.500. The number of hydrogen-bond donors (Lipinski definition) is 3.